The summed E-state index contributed by atoms with van der Waals surface area (Å²) in [6, 6.07) is 13.7. The van der Waals surface area contributed by atoms with E-state index in [2.05, 4.69) is 15.7 Å². The molecule has 7 heteroatoms. The first kappa shape index (κ1) is 19.3. The number of aryl methyl sites for hydroxylation is 1. The summed E-state index contributed by atoms with van der Waals surface area (Å²) < 4.78 is 14.9. The van der Waals surface area contributed by atoms with Crippen LogP contribution in [0.15, 0.2) is 54.7 Å². The average molecular weight is 394 g/mol. The molecule has 2 unspecified atom stereocenters. The third-order valence-corrected chi connectivity index (χ3v) is 5.20. The van der Waals surface area contributed by atoms with Crippen molar-refractivity contribution in [1.82, 2.24) is 20.4 Å². The topological polar surface area (TPSA) is 79.2 Å². The van der Waals surface area contributed by atoms with E-state index in [-0.39, 0.29) is 17.6 Å². The summed E-state index contributed by atoms with van der Waals surface area (Å²) in [6.45, 7) is 3.58. The monoisotopic (exact) mass is 394 g/mol. The second kappa shape index (κ2) is 8.14. The summed E-state index contributed by atoms with van der Waals surface area (Å²) in [4.78, 5) is 12.9. The van der Waals surface area contributed by atoms with Gasteiger partial charge in [-0.2, -0.15) is 5.10 Å². The molecule has 29 heavy (non-hydrogen) atoms. The normalized spacial score (nSPS) is 18.7. The highest BCUT2D eigenvalue weighted by molar-refractivity contribution is 6.00. The number of halogens is 1. The van der Waals surface area contributed by atoms with Gasteiger partial charge >= 0.3 is 0 Å². The molecule has 1 fully saturated rings. The van der Waals surface area contributed by atoms with Crippen molar-refractivity contribution in [3.63, 3.8) is 0 Å². The minimum absolute atomic E-state index is 0.0195. The van der Waals surface area contributed by atoms with E-state index >= 15 is 0 Å². The van der Waals surface area contributed by atoms with E-state index in [0.717, 1.165) is 11.1 Å². The van der Waals surface area contributed by atoms with Crippen LogP contribution in [0.3, 0.4) is 0 Å². The molecule has 2 aromatic carbocycles. The van der Waals surface area contributed by atoms with Gasteiger partial charge in [-0.1, -0.05) is 29.8 Å². The van der Waals surface area contributed by atoms with Crippen molar-refractivity contribution >= 4 is 5.91 Å². The van der Waals surface area contributed by atoms with Crippen molar-refractivity contribution in [2.24, 2.45) is 5.92 Å². The van der Waals surface area contributed by atoms with Crippen LogP contribution >= 0.6 is 0 Å². The molecule has 6 nitrogen and oxygen atoms in total. The average Bonchev–Trinajstić information content (AvgIpc) is 3.34. The van der Waals surface area contributed by atoms with Gasteiger partial charge in [0, 0.05) is 37.3 Å². The van der Waals surface area contributed by atoms with Gasteiger partial charge in [0.25, 0.3) is 5.91 Å². The molecule has 0 bridgehead atoms. The number of benzene rings is 2. The number of aliphatic hydroxyl groups excluding tert-OH is 1. The molecule has 4 rings (SSSR count). The number of β-amino-alcohol motifs (C(OH)–C–C–N with tert-alkyl or cyclic N) is 1. The van der Waals surface area contributed by atoms with Gasteiger partial charge in [0.15, 0.2) is 0 Å². The highest BCUT2D eigenvalue weighted by Crippen LogP contribution is 2.24. The van der Waals surface area contributed by atoms with Crippen LogP contribution in [0.4, 0.5) is 4.39 Å². The lowest BCUT2D eigenvalue weighted by molar-refractivity contribution is 0.0927. The first-order chi connectivity index (χ1) is 14.0. The van der Waals surface area contributed by atoms with Crippen LogP contribution in [-0.2, 0) is 0 Å². The zero-order valence-corrected chi connectivity index (χ0v) is 16.1. The zero-order chi connectivity index (χ0) is 20.4. The first-order valence-corrected chi connectivity index (χ1v) is 9.61. The standard InChI is InChI=1S/C22H23FN4O2/c1-14-2-4-15(5-3-14)21-19(22(29)25-11-16-10-24-12-20(16)28)13-27(26-21)18-8-6-17(23)7-9-18/h2-9,13,16,20,24,28H,10-12H2,1H3,(H,25,29). The fraction of sp³-hybridized carbons (Fsp3) is 0.273. The number of aliphatic hydroxyl groups is 1. The number of rotatable bonds is 5. The highest BCUT2D eigenvalue weighted by atomic mass is 19.1. The second-order valence-electron chi connectivity index (χ2n) is 7.37. The first-order valence-electron chi connectivity index (χ1n) is 9.61. The molecule has 1 aliphatic rings. The quantitative estimate of drug-likeness (QED) is 0.621. The van der Waals surface area contributed by atoms with Gasteiger partial charge in [0.1, 0.15) is 11.5 Å². The molecule has 1 amide bonds. The fourth-order valence-electron chi connectivity index (χ4n) is 3.44. The number of hydrogen-bond acceptors (Lipinski definition) is 4. The van der Waals surface area contributed by atoms with E-state index in [1.54, 1.807) is 23.0 Å². The Bertz CT molecular complexity index is 999. The summed E-state index contributed by atoms with van der Waals surface area (Å²) in [5.74, 6) is -0.608. The Morgan fingerprint density at radius 2 is 1.93 bits per heavy atom. The molecule has 0 saturated carbocycles. The van der Waals surface area contributed by atoms with Crippen molar-refractivity contribution < 1.29 is 14.3 Å². The predicted molar refractivity (Wildman–Crippen MR) is 108 cm³/mol. The van der Waals surface area contributed by atoms with Crippen molar-refractivity contribution in [1.29, 1.82) is 0 Å². The molecule has 1 aliphatic heterocycles. The maximum Gasteiger partial charge on any atom is 0.255 e. The Labute approximate surface area is 168 Å². The highest BCUT2D eigenvalue weighted by Gasteiger charge is 2.26. The molecule has 1 aromatic heterocycles. The minimum Gasteiger partial charge on any atom is -0.391 e. The lowest BCUT2D eigenvalue weighted by Crippen LogP contribution is -2.34. The van der Waals surface area contributed by atoms with Crippen molar-refractivity contribution in [3.05, 3.63) is 71.7 Å². The molecule has 1 saturated heterocycles. The molecule has 3 aromatic rings. The molecular weight excluding hydrogens is 371 g/mol. The SMILES string of the molecule is Cc1ccc(-c2nn(-c3ccc(F)cc3)cc2C(=O)NCC2CNCC2O)cc1. The van der Waals surface area contributed by atoms with Crippen LogP contribution in [0.25, 0.3) is 16.9 Å². The zero-order valence-electron chi connectivity index (χ0n) is 16.1. The Balaban J connectivity index is 1.65. The number of carbonyl (C=O) groups is 1. The molecule has 3 N–H and O–H groups in total. The minimum atomic E-state index is -0.464. The van der Waals surface area contributed by atoms with E-state index in [9.17, 15) is 14.3 Å². The third-order valence-electron chi connectivity index (χ3n) is 5.20. The molecular formula is C22H23FN4O2. The van der Waals surface area contributed by atoms with E-state index in [1.807, 2.05) is 31.2 Å². The molecule has 2 heterocycles. The Hall–Kier alpha value is -3.03. The van der Waals surface area contributed by atoms with Crippen LogP contribution in [0, 0.1) is 18.7 Å². The van der Waals surface area contributed by atoms with Crippen molar-refractivity contribution in [3.8, 4) is 16.9 Å². The number of carbonyl (C=O) groups excluding carboxylic acids is 1. The summed E-state index contributed by atoms with van der Waals surface area (Å²) in [6.07, 6.45) is 1.19. The van der Waals surface area contributed by atoms with Crippen LogP contribution in [0.1, 0.15) is 15.9 Å². The Kier molecular flexibility index (Phi) is 5.42. The Morgan fingerprint density at radius 3 is 2.59 bits per heavy atom. The maximum atomic E-state index is 13.3. The van der Waals surface area contributed by atoms with Crippen molar-refractivity contribution in [2.45, 2.75) is 13.0 Å². The van der Waals surface area contributed by atoms with Gasteiger partial charge < -0.3 is 15.7 Å². The number of hydrogen-bond donors (Lipinski definition) is 3. The summed E-state index contributed by atoms with van der Waals surface area (Å²) in [5.41, 5.74) is 3.58. The van der Waals surface area contributed by atoms with Crippen molar-refractivity contribution in [2.75, 3.05) is 19.6 Å². The molecule has 0 aliphatic carbocycles. The molecule has 0 spiro atoms. The summed E-state index contributed by atoms with van der Waals surface area (Å²) in [5, 5.41) is 20.6. The van der Waals surface area contributed by atoms with E-state index in [1.165, 1.54) is 12.1 Å². The number of amides is 1. The molecule has 0 radical (unpaired) electrons. The maximum absolute atomic E-state index is 13.3. The van der Waals surface area contributed by atoms with Crippen LogP contribution in [0.2, 0.25) is 0 Å². The number of nitrogens with zero attached hydrogens (tertiary/aromatic N) is 2. The second-order valence-corrected chi connectivity index (χ2v) is 7.37. The van der Waals surface area contributed by atoms with E-state index in [0.29, 0.717) is 36.6 Å². The van der Waals surface area contributed by atoms with Crippen LogP contribution in [0.5, 0.6) is 0 Å². The largest absolute Gasteiger partial charge is 0.391 e. The van der Waals surface area contributed by atoms with Gasteiger partial charge in [0.05, 0.1) is 17.4 Å². The lowest BCUT2D eigenvalue weighted by Gasteiger charge is -2.14. The summed E-state index contributed by atoms with van der Waals surface area (Å²) in [7, 11) is 0. The van der Waals surface area contributed by atoms with Gasteiger partial charge in [-0.05, 0) is 31.2 Å². The van der Waals surface area contributed by atoms with Gasteiger partial charge in [-0.25, -0.2) is 9.07 Å². The van der Waals surface area contributed by atoms with Gasteiger partial charge in [-0.15, -0.1) is 0 Å². The third kappa shape index (κ3) is 4.21. The fourth-order valence-corrected chi connectivity index (χ4v) is 3.44. The van der Waals surface area contributed by atoms with E-state index in [4.69, 9.17) is 0 Å². The van der Waals surface area contributed by atoms with Gasteiger partial charge in [-0.3, -0.25) is 4.79 Å². The summed E-state index contributed by atoms with van der Waals surface area (Å²) >= 11 is 0. The Morgan fingerprint density at radius 1 is 1.21 bits per heavy atom. The molecule has 150 valence electrons. The lowest BCUT2D eigenvalue weighted by atomic mass is 10.0. The molecule has 2 atom stereocenters. The number of nitrogens with one attached hydrogen (secondary N) is 2. The number of aromatic nitrogens is 2. The van der Waals surface area contributed by atoms with Gasteiger partial charge in [0.2, 0.25) is 0 Å². The smallest absolute Gasteiger partial charge is 0.255 e. The van der Waals surface area contributed by atoms with E-state index < -0.39 is 6.10 Å². The predicted octanol–water partition coefficient (Wildman–Crippen LogP) is 2.30. The van der Waals surface area contributed by atoms with Crippen LogP contribution in [-0.4, -0.2) is 46.5 Å². The van der Waals surface area contributed by atoms with Crippen LogP contribution < -0.4 is 10.6 Å².